The molecule has 3 heteroatoms. The van der Waals surface area contributed by atoms with Crippen molar-refractivity contribution in [1.29, 1.82) is 0 Å². The summed E-state index contributed by atoms with van der Waals surface area (Å²) in [5.41, 5.74) is 8.29. The van der Waals surface area contributed by atoms with Crippen molar-refractivity contribution in [3.05, 3.63) is 28.3 Å². The number of ether oxygens (including phenoxy) is 1. The first-order valence-corrected chi connectivity index (χ1v) is 5.56. The van der Waals surface area contributed by atoms with E-state index in [2.05, 4.69) is 0 Å². The van der Waals surface area contributed by atoms with Crippen molar-refractivity contribution in [3.8, 4) is 5.75 Å². The van der Waals surface area contributed by atoms with Crippen LogP contribution in [0.2, 0.25) is 5.02 Å². The summed E-state index contributed by atoms with van der Waals surface area (Å²) in [5, 5.41) is 0.797. The summed E-state index contributed by atoms with van der Waals surface area (Å²) in [6.07, 6.45) is 2.28. The van der Waals surface area contributed by atoms with E-state index in [1.54, 1.807) is 7.11 Å². The molecule has 0 radical (unpaired) electrons. The van der Waals surface area contributed by atoms with E-state index in [1.165, 1.54) is 5.56 Å². The Hall–Kier alpha value is -0.730. The van der Waals surface area contributed by atoms with Crippen molar-refractivity contribution < 1.29 is 4.74 Å². The highest BCUT2D eigenvalue weighted by atomic mass is 35.5. The second-order valence-electron chi connectivity index (χ2n) is 4.23. The van der Waals surface area contributed by atoms with Crippen LogP contribution in [0.15, 0.2) is 12.1 Å². The molecule has 0 unspecified atom stereocenters. The molecule has 82 valence electrons. The molecule has 0 bridgehead atoms. The highest BCUT2D eigenvalue weighted by molar-refractivity contribution is 6.31. The zero-order chi connectivity index (χ0) is 11.1. The topological polar surface area (TPSA) is 35.2 Å². The molecule has 1 saturated carbocycles. The molecule has 2 nitrogen and oxygen atoms in total. The highest BCUT2D eigenvalue weighted by Gasteiger charge is 2.46. The van der Waals surface area contributed by atoms with Gasteiger partial charge < -0.3 is 10.5 Å². The normalized spacial score (nSPS) is 17.6. The van der Waals surface area contributed by atoms with Gasteiger partial charge in [0.25, 0.3) is 0 Å². The average molecular weight is 226 g/mol. The van der Waals surface area contributed by atoms with Crippen LogP contribution < -0.4 is 10.5 Å². The van der Waals surface area contributed by atoms with E-state index in [9.17, 15) is 0 Å². The van der Waals surface area contributed by atoms with Crippen LogP contribution in [-0.2, 0) is 5.41 Å². The Morgan fingerprint density at radius 1 is 1.47 bits per heavy atom. The summed E-state index contributed by atoms with van der Waals surface area (Å²) in [4.78, 5) is 0. The lowest BCUT2D eigenvalue weighted by molar-refractivity contribution is 0.403. The van der Waals surface area contributed by atoms with E-state index in [0.29, 0.717) is 6.54 Å². The number of halogens is 1. The minimum atomic E-state index is 0.125. The lowest BCUT2D eigenvalue weighted by Crippen LogP contribution is -2.21. The molecule has 0 aliphatic heterocycles. The van der Waals surface area contributed by atoms with Gasteiger partial charge in [-0.3, -0.25) is 0 Å². The van der Waals surface area contributed by atoms with Gasteiger partial charge in [0.15, 0.2) is 0 Å². The molecule has 15 heavy (non-hydrogen) atoms. The SMILES string of the molecule is COc1ccc(Cl)c(C)c1C1(CN)CC1. The Balaban J connectivity index is 2.57. The Labute approximate surface area is 95.4 Å². The molecule has 0 aromatic heterocycles. The fraction of sp³-hybridized carbons (Fsp3) is 0.500. The summed E-state index contributed by atoms with van der Waals surface area (Å²) in [7, 11) is 1.69. The Kier molecular flexibility index (Phi) is 2.65. The second-order valence-corrected chi connectivity index (χ2v) is 4.64. The van der Waals surface area contributed by atoms with Gasteiger partial charge in [-0.05, 0) is 37.5 Å². The Morgan fingerprint density at radius 2 is 2.13 bits per heavy atom. The zero-order valence-electron chi connectivity index (χ0n) is 9.14. The largest absolute Gasteiger partial charge is 0.496 e. The van der Waals surface area contributed by atoms with Crippen LogP contribution in [0.25, 0.3) is 0 Å². The molecule has 0 amide bonds. The van der Waals surface area contributed by atoms with Crippen LogP contribution in [0.4, 0.5) is 0 Å². The first-order valence-electron chi connectivity index (χ1n) is 5.18. The smallest absolute Gasteiger partial charge is 0.123 e. The minimum Gasteiger partial charge on any atom is -0.496 e. The van der Waals surface area contributed by atoms with Crippen LogP contribution >= 0.6 is 11.6 Å². The number of hydrogen-bond acceptors (Lipinski definition) is 2. The van der Waals surface area contributed by atoms with Gasteiger partial charge >= 0.3 is 0 Å². The van der Waals surface area contributed by atoms with Gasteiger partial charge in [0.05, 0.1) is 7.11 Å². The monoisotopic (exact) mass is 225 g/mol. The summed E-state index contributed by atoms with van der Waals surface area (Å²) in [5.74, 6) is 0.917. The van der Waals surface area contributed by atoms with Crippen molar-refractivity contribution in [2.24, 2.45) is 5.73 Å². The summed E-state index contributed by atoms with van der Waals surface area (Å²) < 4.78 is 5.40. The predicted molar refractivity (Wildman–Crippen MR) is 62.7 cm³/mol. The molecule has 1 aromatic carbocycles. The maximum absolute atomic E-state index is 6.14. The van der Waals surface area contributed by atoms with Crippen molar-refractivity contribution in [2.75, 3.05) is 13.7 Å². The van der Waals surface area contributed by atoms with E-state index >= 15 is 0 Å². The van der Waals surface area contributed by atoms with Gasteiger partial charge in [-0.1, -0.05) is 11.6 Å². The lowest BCUT2D eigenvalue weighted by atomic mass is 9.91. The second kappa shape index (κ2) is 3.69. The van der Waals surface area contributed by atoms with Crippen LogP contribution in [0.3, 0.4) is 0 Å². The summed E-state index contributed by atoms with van der Waals surface area (Å²) in [6, 6.07) is 3.81. The lowest BCUT2D eigenvalue weighted by Gasteiger charge is -2.20. The van der Waals surface area contributed by atoms with Crippen molar-refractivity contribution >= 4 is 11.6 Å². The third-order valence-corrected chi connectivity index (χ3v) is 3.76. The van der Waals surface area contributed by atoms with E-state index in [0.717, 1.165) is 29.2 Å². The van der Waals surface area contributed by atoms with Gasteiger partial charge in [0.1, 0.15) is 5.75 Å². The van der Waals surface area contributed by atoms with Gasteiger partial charge in [-0.2, -0.15) is 0 Å². The number of benzene rings is 1. The highest BCUT2D eigenvalue weighted by Crippen LogP contribution is 2.52. The molecular weight excluding hydrogens is 210 g/mol. The van der Waals surface area contributed by atoms with Crippen molar-refractivity contribution in [3.63, 3.8) is 0 Å². The molecule has 0 heterocycles. The molecule has 2 rings (SSSR count). The molecule has 1 fully saturated rings. The van der Waals surface area contributed by atoms with E-state index in [1.807, 2.05) is 19.1 Å². The maximum Gasteiger partial charge on any atom is 0.123 e. The van der Waals surface area contributed by atoms with Gasteiger partial charge in [-0.15, -0.1) is 0 Å². The number of nitrogens with two attached hydrogens (primary N) is 1. The quantitative estimate of drug-likeness (QED) is 0.859. The van der Waals surface area contributed by atoms with Crippen molar-refractivity contribution in [1.82, 2.24) is 0 Å². The average Bonchev–Trinajstić information content (AvgIpc) is 3.02. The van der Waals surface area contributed by atoms with Gasteiger partial charge in [0.2, 0.25) is 0 Å². The fourth-order valence-corrected chi connectivity index (χ4v) is 2.36. The van der Waals surface area contributed by atoms with Gasteiger partial charge in [0, 0.05) is 22.5 Å². The van der Waals surface area contributed by atoms with Crippen LogP contribution in [0, 0.1) is 6.92 Å². The summed E-state index contributed by atoms with van der Waals surface area (Å²) in [6.45, 7) is 2.71. The fourth-order valence-electron chi connectivity index (χ4n) is 2.20. The molecule has 1 aliphatic rings. The predicted octanol–water partition coefficient (Wildman–Crippen LogP) is 2.65. The van der Waals surface area contributed by atoms with E-state index in [4.69, 9.17) is 22.1 Å². The zero-order valence-corrected chi connectivity index (χ0v) is 9.90. The number of hydrogen-bond donors (Lipinski definition) is 1. The Bertz CT molecular complexity index is 385. The molecule has 1 aliphatic carbocycles. The maximum atomic E-state index is 6.14. The summed E-state index contributed by atoms with van der Waals surface area (Å²) >= 11 is 6.14. The molecule has 0 saturated heterocycles. The first kappa shape index (κ1) is 10.8. The number of rotatable bonds is 3. The van der Waals surface area contributed by atoms with Crippen LogP contribution in [-0.4, -0.2) is 13.7 Å². The van der Waals surface area contributed by atoms with Crippen LogP contribution in [0.1, 0.15) is 24.0 Å². The van der Waals surface area contributed by atoms with Gasteiger partial charge in [-0.25, -0.2) is 0 Å². The molecular formula is C12H16ClNO. The standard InChI is InChI=1S/C12H16ClNO/c1-8-9(13)3-4-10(15-2)11(8)12(7-14)5-6-12/h3-4H,5-7,14H2,1-2H3. The van der Waals surface area contributed by atoms with E-state index in [-0.39, 0.29) is 5.41 Å². The first-order chi connectivity index (χ1) is 7.14. The van der Waals surface area contributed by atoms with Crippen molar-refractivity contribution in [2.45, 2.75) is 25.2 Å². The van der Waals surface area contributed by atoms with E-state index < -0.39 is 0 Å². The number of methoxy groups -OCH3 is 1. The third-order valence-electron chi connectivity index (χ3n) is 3.36. The third kappa shape index (κ3) is 1.62. The molecule has 0 atom stereocenters. The molecule has 0 spiro atoms. The minimum absolute atomic E-state index is 0.125. The Morgan fingerprint density at radius 3 is 2.60 bits per heavy atom. The van der Waals surface area contributed by atoms with Crippen LogP contribution in [0.5, 0.6) is 5.75 Å². The molecule has 2 N–H and O–H groups in total. The molecule has 1 aromatic rings.